The molecule has 1 unspecified atom stereocenters. The average molecular weight is 235 g/mol. The van der Waals surface area contributed by atoms with E-state index in [-0.39, 0.29) is 6.04 Å². The van der Waals surface area contributed by atoms with Crippen molar-refractivity contribution in [1.82, 2.24) is 5.32 Å². The largest absolute Gasteiger partial charge is 0.496 e. The zero-order chi connectivity index (χ0) is 11.4. The van der Waals surface area contributed by atoms with E-state index >= 15 is 0 Å². The fraction of sp³-hybridized carbons (Fsp3) is 0.385. The first kappa shape index (κ1) is 11.6. The van der Waals surface area contributed by atoms with Gasteiger partial charge in [-0.15, -0.1) is 11.8 Å². The molecule has 3 heteroatoms. The van der Waals surface area contributed by atoms with Gasteiger partial charge < -0.3 is 10.1 Å². The molecule has 0 saturated carbocycles. The van der Waals surface area contributed by atoms with E-state index in [0.717, 1.165) is 18.8 Å². The smallest absolute Gasteiger partial charge is 0.114 e. The van der Waals surface area contributed by atoms with Gasteiger partial charge in [0.05, 0.1) is 12.6 Å². The molecule has 1 aromatic carbocycles. The van der Waals surface area contributed by atoms with Crippen molar-refractivity contribution in [3.63, 3.8) is 0 Å². The minimum atomic E-state index is 0.186. The van der Waals surface area contributed by atoms with Crippen LogP contribution in [0, 0.1) is 0 Å². The van der Waals surface area contributed by atoms with Crippen LogP contribution in [0.25, 0.3) is 0 Å². The first-order valence-electron chi connectivity index (χ1n) is 5.50. The molecule has 0 fully saturated rings. The molecule has 2 rings (SSSR count). The van der Waals surface area contributed by atoms with Gasteiger partial charge in [0.1, 0.15) is 5.76 Å². The molecule has 1 aliphatic heterocycles. The fourth-order valence-corrected chi connectivity index (χ4v) is 2.63. The molecule has 0 radical (unpaired) electrons. The molecular formula is C13H17NOS. The van der Waals surface area contributed by atoms with Crippen LogP contribution in [-0.4, -0.2) is 19.9 Å². The molecular weight excluding hydrogens is 218 g/mol. The highest BCUT2D eigenvalue weighted by Gasteiger charge is 2.20. The van der Waals surface area contributed by atoms with E-state index in [0.29, 0.717) is 0 Å². The molecule has 16 heavy (non-hydrogen) atoms. The molecule has 1 aliphatic rings. The Bertz CT molecular complexity index is 389. The Balaban J connectivity index is 2.32. The van der Waals surface area contributed by atoms with Crippen molar-refractivity contribution < 1.29 is 4.74 Å². The maximum atomic E-state index is 5.65. The highest BCUT2D eigenvalue weighted by atomic mass is 32.2. The predicted molar refractivity (Wildman–Crippen MR) is 68.7 cm³/mol. The van der Waals surface area contributed by atoms with Gasteiger partial charge in [-0.25, -0.2) is 0 Å². The van der Waals surface area contributed by atoms with E-state index < -0.39 is 0 Å². The van der Waals surface area contributed by atoms with Crippen LogP contribution in [0.2, 0.25) is 0 Å². The van der Waals surface area contributed by atoms with Gasteiger partial charge in [0, 0.05) is 11.3 Å². The maximum absolute atomic E-state index is 5.65. The first-order chi connectivity index (χ1) is 7.86. The predicted octanol–water partition coefficient (Wildman–Crippen LogP) is 2.97. The van der Waals surface area contributed by atoms with Gasteiger partial charge in [0.15, 0.2) is 0 Å². The second-order valence-electron chi connectivity index (χ2n) is 3.71. The number of hydrogen-bond acceptors (Lipinski definition) is 3. The van der Waals surface area contributed by atoms with Crippen molar-refractivity contribution in [3.05, 3.63) is 41.7 Å². The van der Waals surface area contributed by atoms with Gasteiger partial charge in [-0.2, -0.15) is 0 Å². The number of nitrogens with one attached hydrogen (secondary N) is 1. The van der Waals surface area contributed by atoms with Crippen molar-refractivity contribution in [2.45, 2.75) is 17.4 Å². The van der Waals surface area contributed by atoms with Gasteiger partial charge in [-0.3, -0.25) is 0 Å². The lowest BCUT2D eigenvalue weighted by Crippen LogP contribution is -2.19. The number of hydrogen-bond donors (Lipinski definition) is 1. The van der Waals surface area contributed by atoms with Crippen molar-refractivity contribution in [1.29, 1.82) is 0 Å². The van der Waals surface area contributed by atoms with Gasteiger partial charge in [0.25, 0.3) is 0 Å². The van der Waals surface area contributed by atoms with E-state index in [1.807, 2.05) is 7.05 Å². The van der Waals surface area contributed by atoms with Gasteiger partial charge in [0.2, 0.25) is 0 Å². The number of ether oxygens (including phenoxy) is 1. The summed E-state index contributed by atoms with van der Waals surface area (Å²) < 4.78 is 5.65. The van der Waals surface area contributed by atoms with Crippen LogP contribution in [0.15, 0.2) is 41.0 Å². The van der Waals surface area contributed by atoms with Crippen molar-refractivity contribution in [2.75, 3.05) is 19.9 Å². The molecule has 0 amide bonds. The summed E-state index contributed by atoms with van der Waals surface area (Å²) in [4.78, 5) is 1.30. The second kappa shape index (κ2) is 5.41. The Labute approximate surface area is 101 Å². The molecule has 1 N–H and O–H groups in total. The molecule has 0 bridgehead atoms. The van der Waals surface area contributed by atoms with E-state index in [4.69, 9.17) is 4.74 Å². The second-order valence-corrected chi connectivity index (χ2v) is 4.56. The molecule has 0 saturated heterocycles. The summed E-state index contributed by atoms with van der Waals surface area (Å²) in [5.41, 5.74) is 1.30. The van der Waals surface area contributed by atoms with Crippen molar-refractivity contribution in [3.8, 4) is 0 Å². The molecule has 0 spiro atoms. The highest BCUT2D eigenvalue weighted by Crippen LogP contribution is 2.32. The Morgan fingerprint density at radius 2 is 2.19 bits per heavy atom. The van der Waals surface area contributed by atoms with Crippen LogP contribution in [0.4, 0.5) is 0 Å². The standard InChI is InChI=1S/C13H17NOS/c1-14-13(11-7-5-9-15-11)10-6-3-4-8-12(10)16-2/h3-4,6-8,13-14H,5,9H2,1-2H3. The van der Waals surface area contributed by atoms with E-state index in [9.17, 15) is 0 Å². The number of thioether (sulfide) groups is 1. The SMILES string of the molecule is CNC(C1=CCCO1)c1ccccc1SC. The van der Waals surface area contributed by atoms with Crippen LogP contribution in [-0.2, 0) is 4.74 Å². The van der Waals surface area contributed by atoms with E-state index in [1.165, 1.54) is 10.5 Å². The third-order valence-corrected chi connectivity index (χ3v) is 3.57. The van der Waals surface area contributed by atoms with Crippen LogP contribution in [0.3, 0.4) is 0 Å². The van der Waals surface area contributed by atoms with Crippen molar-refractivity contribution in [2.24, 2.45) is 0 Å². The number of benzene rings is 1. The minimum absolute atomic E-state index is 0.186. The lowest BCUT2D eigenvalue weighted by atomic mass is 10.1. The summed E-state index contributed by atoms with van der Waals surface area (Å²) in [5, 5.41) is 3.33. The highest BCUT2D eigenvalue weighted by molar-refractivity contribution is 7.98. The molecule has 2 nitrogen and oxygen atoms in total. The van der Waals surface area contributed by atoms with Gasteiger partial charge in [-0.1, -0.05) is 18.2 Å². The summed E-state index contributed by atoms with van der Waals surface area (Å²) in [7, 11) is 1.98. The van der Waals surface area contributed by atoms with Crippen molar-refractivity contribution >= 4 is 11.8 Å². The molecule has 1 atom stereocenters. The number of likely N-dealkylation sites (N-methyl/N-ethyl adjacent to an activating group) is 1. The Hall–Kier alpha value is -0.930. The van der Waals surface area contributed by atoms with E-state index in [2.05, 4.69) is 41.9 Å². The lowest BCUT2D eigenvalue weighted by molar-refractivity contribution is 0.217. The monoisotopic (exact) mass is 235 g/mol. The molecule has 0 aromatic heterocycles. The molecule has 0 aliphatic carbocycles. The number of rotatable bonds is 4. The maximum Gasteiger partial charge on any atom is 0.114 e. The molecule has 86 valence electrons. The quantitative estimate of drug-likeness (QED) is 0.811. The molecule has 1 heterocycles. The Morgan fingerprint density at radius 3 is 2.81 bits per heavy atom. The summed E-state index contributed by atoms with van der Waals surface area (Å²) in [5.74, 6) is 1.06. The van der Waals surface area contributed by atoms with Crippen LogP contribution < -0.4 is 5.32 Å². The van der Waals surface area contributed by atoms with Crippen LogP contribution in [0.1, 0.15) is 18.0 Å². The summed E-state index contributed by atoms with van der Waals surface area (Å²) in [6.45, 7) is 0.814. The minimum Gasteiger partial charge on any atom is -0.496 e. The van der Waals surface area contributed by atoms with Gasteiger partial charge >= 0.3 is 0 Å². The lowest BCUT2D eigenvalue weighted by Gasteiger charge is -2.20. The van der Waals surface area contributed by atoms with Crippen LogP contribution in [0.5, 0.6) is 0 Å². The average Bonchev–Trinajstić information content (AvgIpc) is 2.84. The third-order valence-electron chi connectivity index (χ3n) is 2.76. The summed E-state index contributed by atoms with van der Waals surface area (Å²) in [6, 6.07) is 8.65. The normalized spacial score (nSPS) is 16.8. The fourth-order valence-electron chi connectivity index (χ4n) is 1.99. The Morgan fingerprint density at radius 1 is 1.38 bits per heavy atom. The first-order valence-corrected chi connectivity index (χ1v) is 6.72. The molecule has 1 aromatic rings. The zero-order valence-corrected chi connectivity index (χ0v) is 10.5. The van der Waals surface area contributed by atoms with Gasteiger partial charge in [-0.05, 0) is 31.0 Å². The van der Waals surface area contributed by atoms with Crippen LogP contribution >= 0.6 is 11.8 Å². The summed E-state index contributed by atoms with van der Waals surface area (Å²) >= 11 is 1.78. The van der Waals surface area contributed by atoms with E-state index in [1.54, 1.807) is 11.8 Å². The topological polar surface area (TPSA) is 21.3 Å². The summed E-state index contributed by atoms with van der Waals surface area (Å²) in [6.07, 6.45) is 5.31. The Kier molecular flexibility index (Phi) is 3.91. The zero-order valence-electron chi connectivity index (χ0n) is 9.69. The third kappa shape index (κ3) is 2.25.